The number of hydrogen-bond acceptors (Lipinski definition) is 6. The molecule has 4 atom stereocenters. The molecule has 262 valence electrons. The maximum absolute atomic E-state index is 13.8. The Labute approximate surface area is 287 Å². The Morgan fingerprint density at radius 3 is 2.54 bits per heavy atom. The summed E-state index contributed by atoms with van der Waals surface area (Å²) >= 11 is 6.41. The molecule has 2 aliphatic carbocycles. The van der Waals surface area contributed by atoms with Gasteiger partial charge in [-0.05, 0) is 106 Å². The smallest absolute Gasteiger partial charge is 0.282 e. The van der Waals surface area contributed by atoms with Crippen LogP contribution in [-0.2, 0) is 26.7 Å². The van der Waals surface area contributed by atoms with E-state index in [1.807, 2.05) is 12.1 Å². The highest BCUT2D eigenvalue weighted by Crippen LogP contribution is 2.48. The Bertz CT molecular complexity index is 1660. The lowest BCUT2D eigenvalue weighted by atomic mass is 9.64. The summed E-state index contributed by atoms with van der Waals surface area (Å²) in [5, 5.41) is -0.0872. The van der Waals surface area contributed by atoms with E-state index in [1.165, 1.54) is 29.9 Å². The van der Waals surface area contributed by atoms with Crippen LogP contribution in [0.5, 0.6) is 5.75 Å². The lowest BCUT2D eigenvalue weighted by Crippen LogP contribution is -2.61. The molecule has 2 aromatic carbocycles. The van der Waals surface area contributed by atoms with Gasteiger partial charge in [-0.1, -0.05) is 37.4 Å². The van der Waals surface area contributed by atoms with Crippen molar-refractivity contribution in [2.24, 2.45) is 17.8 Å². The number of anilines is 1. The van der Waals surface area contributed by atoms with Gasteiger partial charge in [0.05, 0.1) is 30.6 Å². The molecule has 1 saturated carbocycles. The third-order valence-corrected chi connectivity index (χ3v) is 12.9. The highest BCUT2D eigenvalue weighted by atomic mass is 35.5. The van der Waals surface area contributed by atoms with Crippen LogP contribution in [-0.4, -0.2) is 69.1 Å². The van der Waals surface area contributed by atoms with Gasteiger partial charge in [0.1, 0.15) is 5.75 Å². The van der Waals surface area contributed by atoms with E-state index < -0.39 is 40.2 Å². The average molecular weight is 706 g/mol. The summed E-state index contributed by atoms with van der Waals surface area (Å²) in [5.41, 5.74) is 2.93. The van der Waals surface area contributed by atoms with Crippen LogP contribution < -0.4 is 14.4 Å². The molecule has 2 fully saturated rings. The lowest BCUT2D eigenvalue weighted by molar-refractivity contribution is -0.173. The second kappa shape index (κ2) is 13.4. The number of carbonyl (C=O) groups excluding carboxylic acids is 2. The molecule has 4 aliphatic rings. The number of benzene rings is 2. The molecular formula is C36H46ClF2N3O5S. The number of nitrogens with zero attached hydrogens (tertiary/aromatic N) is 2. The van der Waals surface area contributed by atoms with E-state index in [1.54, 1.807) is 18.2 Å². The van der Waals surface area contributed by atoms with Crippen molar-refractivity contribution in [2.75, 3.05) is 37.7 Å². The van der Waals surface area contributed by atoms with E-state index in [4.69, 9.17) is 16.3 Å². The maximum atomic E-state index is 13.8. The molecule has 1 spiro atoms. The SMILES string of the molecule is CCCC[C@@H](C(=O)N1CC(F)(F)C1)[C@@H]1CC[C@H]1CN1C[C@@]2(CCCc3cc(Cl)ccc32)COc2ccc(C(=O)NS(=O)(=O)C(C)C)cc21. The molecular weight excluding hydrogens is 660 g/mol. The fourth-order valence-corrected chi connectivity index (χ4v) is 8.85. The Morgan fingerprint density at radius 1 is 1.10 bits per heavy atom. The fraction of sp³-hybridized carbons (Fsp3) is 0.611. The minimum Gasteiger partial charge on any atom is -0.490 e. The number of carbonyl (C=O) groups is 2. The number of alkyl halides is 2. The zero-order valence-electron chi connectivity index (χ0n) is 27.9. The first-order valence-electron chi connectivity index (χ1n) is 17.3. The number of halogens is 3. The molecule has 2 amide bonds. The molecule has 48 heavy (non-hydrogen) atoms. The lowest BCUT2D eigenvalue weighted by Gasteiger charge is -2.48. The van der Waals surface area contributed by atoms with Crippen LogP contribution in [0.1, 0.15) is 87.2 Å². The highest BCUT2D eigenvalue weighted by Gasteiger charge is 2.51. The number of rotatable bonds is 10. The topological polar surface area (TPSA) is 96.0 Å². The number of sulfonamides is 1. The monoisotopic (exact) mass is 705 g/mol. The molecule has 0 radical (unpaired) electrons. The minimum atomic E-state index is -3.84. The minimum absolute atomic E-state index is 0.0574. The van der Waals surface area contributed by atoms with Gasteiger partial charge in [0.15, 0.2) is 0 Å². The van der Waals surface area contributed by atoms with Crippen LogP contribution in [0.15, 0.2) is 36.4 Å². The molecule has 0 unspecified atom stereocenters. The van der Waals surface area contributed by atoms with E-state index >= 15 is 0 Å². The molecule has 2 aliphatic heterocycles. The van der Waals surface area contributed by atoms with Gasteiger partial charge in [-0.15, -0.1) is 0 Å². The Morgan fingerprint density at radius 2 is 1.88 bits per heavy atom. The van der Waals surface area contributed by atoms with Crippen molar-refractivity contribution < 1.29 is 31.5 Å². The van der Waals surface area contributed by atoms with E-state index in [2.05, 4.69) is 22.6 Å². The molecule has 0 bridgehead atoms. The summed E-state index contributed by atoms with van der Waals surface area (Å²) in [4.78, 5) is 30.4. The molecule has 6 rings (SSSR count). The molecule has 2 aromatic rings. The van der Waals surface area contributed by atoms with Crippen LogP contribution in [0, 0.1) is 17.8 Å². The zero-order valence-corrected chi connectivity index (χ0v) is 29.5. The number of ether oxygens (including phenoxy) is 1. The number of fused-ring (bicyclic) bond motifs is 3. The van der Waals surface area contributed by atoms with Crippen LogP contribution in [0.2, 0.25) is 5.02 Å². The number of hydrogen-bond donors (Lipinski definition) is 1. The van der Waals surface area contributed by atoms with Crippen LogP contribution in [0.3, 0.4) is 0 Å². The third-order valence-electron chi connectivity index (χ3n) is 10.9. The van der Waals surface area contributed by atoms with Gasteiger partial charge in [0, 0.05) is 35.0 Å². The van der Waals surface area contributed by atoms with Crippen molar-refractivity contribution in [2.45, 2.75) is 88.7 Å². The molecule has 0 aromatic heterocycles. The second-order valence-corrected chi connectivity index (χ2v) is 17.3. The van der Waals surface area contributed by atoms with Crippen molar-refractivity contribution >= 4 is 39.1 Å². The van der Waals surface area contributed by atoms with Crippen molar-refractivity contribution in [3.8, 4) is 5.75 Å². The van der Waals surface area contributed by atoms with E-state index in [9.17, 15) is 26.8 Å². The van der Waals surface area contributed by atoms with Crippen LogP contribution >= 0.6 is 11.6 Å². The Kier molecular flexibility index (Phi) is 9.76. The summed E-state index contributed by atoms with van der Waals surface area (Å²) in [6, 6.07) is 11.1. The van der Waals surface area contributed by atoms with Gasteiger partial charge < -0.3 is 14.5 Å². The number of nitrogens with one attached hydrogen (secondary N) is 1. The molecule has 1 saturated heterocycles. The zero-order chi connectivity index (χ0) is 34.4. The van der Waals surface area contributed by atoms with Crippen molar-refractivity contribution in [3.05, 3.63) is 58.1 Å². The first kappa shape index (κ1) is 34.9. The van der Waals surface area contributed by atoms with Gasteiger partial charge in [0.2, 0.25) is 15.9 Å². The standard InChI is InChI=1S/C36H46ClF2N3O5S/c1-4-5-8-29(34(44)42-20-36(38,39)21-42)28-12-9-26(28)18-41-19-35(15-6-7-24-16-27(37)11-13-30(24)35)22-47-32-14-10-25(17-31(32)41)33(43)40-48(45,46)23(2)3/h10-11,13-14,16-17,23,26,28-29H,4-9,12,15,18-22H2,1-3H3,(H,40,43)/t26-,28+,29+,35-/m0/s1. The number of aryl methyl sites for hydroxylation is 1. The van der Waals surface area contributed by atoms with Gasteiger partial charge >= 0.3 is 0 Å². The second-order valence-electron chi connectivity index (χ2n) is 14.6. The maximum Gasteiger partial charge on any atom is 0.282 e. The number of amides is 2. The van der Waals surface area contributed by atoms with Crippen LogP contribution in [0.4, 0.5) is 14.5 Å². The summed E-state index contributed by atoms with van der Waals surface area (Å²) in [6.45, 7) is 5.69. The molecule has 2 heterocycles. The predicted molar refractivity (Wildman–Crippen MR) is 182 cm³/mol. The van der Waals surface area contributed by atoms with Crippen LogP contribution in [0.25, 0.3) is 0 Å². The number of unbranched alkanes of at least 4 members (excludes halogenated alkanes) is 1. The van der Waals surface area contributed by atoms with Crippen molar-refractivity contribution in [1.29, 1.82) is 0 Å². The Balaban J connectivity index is 1.33. The summed E-state index contributed by atoms with van der Waals surface area (Å²) in [5.74, 6) is -3.20. The highest BCUT2D eigenvalue weighted by molar-refractivity contribution is 7.90. The first-order chi connectivity index (χ1) is 22.7. The van der Waals surface area contributed by atoms with E-state index in [0.29, 0.717) is 42.6 Å². The Hall–Kier alpha value is -2.92. The van der Waals surface area contributed by atoms with Gasteiger partial charge in [-0.3, -0.25) is 9.59 Å². The van der Waals surface area contributed by atoms with Gasteiger partial charge in [-0.2, -0.15) is 0 Å². The average Bonchev–Trinajstić information content (AvgIpc) is 3.16. The molecule has 12 heteroatoms. The van der Waals surface area contributed by atoms with E-state index in [0.717, 1.165) is 44.9 Å². The van der Waals surface area contributed by atoms with Crippen molar-refractivity contribution in [3.63, 3.8) is 0 Å². The summed E-state index contributed by atoms with van der Waals surface area (Å²) < 4.78 is 61.4. The fourth-order valence-electron chi connectivity index (χ4n) is 8.04. The number of likely N-dealkylation sites (tertiary alicyclic amines) is 1. The molecule has 1 N–H and O–H groups in total. The molecule has 8 nitrogen and oxygen atoms in total. The van der Waals surface area contributed by atoms with Crippen molar-refractivity contribution in [1.82, 2.24) is 9.62 Å². The predicted octanol–water partition coefficient (Wildman–Crippen LogP) is 6.59. The van der Waals surface area contributed by atoms with E-state index in [-0.39, 0.29) is 34.6 Å². The summed E-state index contributed by atoms with van der Waals surface area (Å²) in [6.07, 6.45) is 6.96. The van der Waals surface area contributed by atoms with Gasteiger partial charge in [0.25, 0.3) is 11.8 Å². The third kappa shape index (κ3) is 6.91. The quantitative estimate of drug-likeness (QED) is 0.300. The normalized spacial score (nSPS) is 25.2. The van der Waals surface area contributed by atoms with Gasteiger partial charge in [-0.25, -0.2) is 21.9 Å². The summed E-state index contributed by atoms with van der Waals surface area (Å²) in [7, 11) is -3.84. The largest absolute Gasteiger partial charge is 0.490 e. The first-order valence-corrected chi connectivity index (χ1v) is 19.2.